The Morgan fingerprint density at radius 3 is 2.86 bits per heavy atom. The molecule has 0 fully saturated rings. The first kappa shape index (κ1) is 24.7. The molecule has 0 aliphatic carbocycles. The van der Waals surface area contributed by atoms with Crippen molar-refractivity contribution in [3.8, 4) is 17.6 Å². The van der Waals surface area contributed by atoms with Crippen molar-refractivity contribution >= 4 is 46.3 Å². The number of hydrogen-bond acceptors (Lipinski definition) is 9. The molecule has 3 heterocycles. The molecule has 4 rings (SSSR count). The Morgan fingerprint density at radius 1 is 1.40 bits per heavy atom. The molecule has 180 valence electrons. The van der Waals surface area contributed by atoms with Gasteiger partial charge in [0.25, 0.3) is 5.56 Å². The van der Waals surface area contributed by atoms with Crippen molar-refractivity contribution in [1.29, 1.82) is 5.26 Å². The van der Waals surface area contributed by atoms with E-state index in [0.717, 1.165) is 4.88 Å². The largest absolute Gasteiger partial charge is 0.493 e. The standard InChI is InChI=1S/C24H20ClN3O5S2/c1-4-32-23(30)19-13(2)27-24-28(20(19)17-6-5-9-34-17)22(29)18(35-24)12-14-10-15(25)21(33-8-7-26)16(11-14)31-3/h5-6,9-12,20H,4,8H2,1-3H3/b18-12-/t20-/m1/s1. The van der Waals surface area contributed by atoms with E-state index in [0.29, 0.717) is 31.9 Å². The number of nitrogens with zero attached hydrogens (tertiary/aromatic N) is 3. The van der Waals surface area contributed by atoms with Crippen LogP contribution in [0.2, 0.25) is 5.02 Å². The zero-order chi connectivity index (χ0) is 25.1. The first-order valence-corrected chi connectivity index (χ1v) is 12.6. The quantitative estimate of drug-likeness (QED) is 0.434. The molecule has 2 aromatic heterocycles. The molecule has 0 amide bonds. The van der Waals surface area contributed by atoms with Gasteiger partial charge in [-0.05, 0) is 49.1 Å². The van der Waals surface area contributed by atoms with Crippen molar-refractivity contribution in [2.45, 2.75) is 19.9 Å². The van der Waals surface area contributed by atoms with Crippen LogP contribution in [0.1, 0.15) is 30.3 Å². The number of esters is 1. The Kier molecular flexibility index (Phi) is 7.40. The third-order valence-electron chi connectivity index (χ3n) is 5.16. The van der Waals surface area contributed by atoms with Crippen LogP contribution in [-0.2, 0) is 9.53 Å². The summed E-state index contributed by atoms with van der Waals surface area (Å²) in [6, 6.07) is 8.31. The summed E-state index contributed by atoms with van der Waals surface area (Å²) in [5, 5.41) is 10.9. The van der Waals surface area contributed by atoms with E-state index in [-0.39, 0.29) is 29.5 Å². The van der Waals surface area contributed by atoms with Gasteiger partial charge in [0.1, 0.15) is 12.1 Å². The minimum Gasteiger partial charge on any atom is -0.493 e. The Bertz CT molecular complexity index is 1530. The van der Waals surface area contributed by atoms with Crippen LogP contribution in [0.3, 0.4) is 0 Å². The average molecular weight is 530 g/mol. The molecule has 3 aromatic rings. The van der Waals surface area contributed by atoms with Crippen LogP contribution in [0.4, 0.5) is 0 Å². The third kappa shape index (κ3) is 4.75. The topological polar surface area (TPSA) is 103 Å². The summed E-state index contributed by atoms with van der Waals surface area (Å²) in [6.07, 6.45) is 1.68. The van der Waals surface area contributed by atoms with E-state index in [1.165, 1.54) is 34.4 Å². The second-order valence-corrected chi connectivity index (χ2v) is 9.69. The van der Waals surface area contributed by atoms with Gasteiger partial charge in [0.15, 0.2) is 22.9 Å². The molecule has 0 saturated heterocycles. The number of methoxy groups -OCH3 is 1. The van der Waals surface area contributed by atoms with Crippen LogP contribution < -0.4 is 24.4 Å². The lowest BCUT2D eigenvalue weighted by Crippen LogP contribution is -2.39. The fraction of sp³-hybridized carbons (Fsp3) is 0.250. The summed E-state index contributed by atoms with van der Waals surface area (Å²) >= 11 is 9.03. The maximum absolute atomic E-state index is 13.6. The summed E-state index contributed by atoms with van der Waals surface area (Å²) in [5.74, 6) is 0.0938. The van der Waals surface area contributed by atoms with Gasteiger partial charge >= 0.3 is 5.97 Å². The highest BCUT2D eigenvalue weighted by atomic mass is 35.5. The Morgan fingerprint density at radius 2 is 2.20 bits per heavy atom. The number of thiophene rings is 1. The van der Waals surface area contributed by atoms with Crippen molar-refractivity contribution in [2.24, 2.45) is 4.99 Å². The Hall–Kier alpha value is -3.39. The molecule has 1 aromatic carbocycles. The third-order valence-corrected chi connectivity index (χ3v) is 7.35. The van der Waals surface area contributed by atoms with Crippen LogP contribution >= 0.6 is 34.3 Å². The van der Waals surface area contributed by atoms with Crippen LogP contribution in [0.15, 0.2) is 50.7 Å². The molecule has 1 aliphatic rings. The summed E-state index contributed by atoms with van der Waals surface area (Å²) in [7, 11) is 1.46. The lowest BCUT2D eigenvalue weighted by atomic mass is 10.0. The summed E-state index contributed by atoms with van der Waals surface area (Å²) in [4.78, 5) is 32.3. The van der Waals surface area contributed by atoms with Crippen molar-refractivity contribution in [3.63, 3.8) is 0 Å². The zero-order valence-electron chi connectivity index (χ0n) is 19.0. The predicted octanol–water partition coefficient (Wildman–Crippen LogP) is 3.42. The number of benzene rings is 1. The number of allylic oxidation sites excluding steroid dienone is 1. The van der Waals surface area contributed by atoms with Gasteiger partial charge < -0.3 is 14.2 Å². The molecule has 8 nitrogen and oxygen atoms in total. The molecule has 0 saturated carbocycles. The monoisotopic (exact) mass is 529 g/mol. The molecular formula is C24H20ClN3O5S2. The second kappa shape index (κ2) is 10.5. The van der Waals surface area contributed by atoms with Crippen LogP contribution in [0.5, 0.6) is 11.5 Å². The number of carbonyl (C=O) groups excluding carboxylic acids is 1. The summed E-state index contributed by atoms with van der Waals surface area (Å²) < 4.78 is 18.0. The summed E-state index contributed by atoms with van der Waals surface area (Å²) in [5.41, 5.74) is 1.17. The molecule has 0 radical (unpaired) electrons. The van der Waals surface area contributed by atoms with E-state index >= 15 is 0 Å². The predicted molar refractivity (Wildman–Crippen MR) is 134 cm³/mol. The number of nitriles is 1. The van der Waals surface area contributed by atoms with Gasteiger partial charge in [-0.1, -0.05) is 29.0 Å². The van der Waals surface area contributed by atoms with Crippen LogP contribution in [0.25, 0.3) is 6.08 Å². The molecular weight excluding hydrogens is 510 g/mol. The van der Waals surface area contributed by atoms with Gasteiger partial charge in [0.05, 0.1) is 34.5 Å². The lowest BCUT2D eigenvalue weighted by molar-refractivity contribution is -0.139. The molecule has 0 N–H and O–H groups in total. The van der Waals surface area contributed by atoms with E-state index in [1.54, 1.807) is 32.1 Å². The number of aromatic nitrogens is 1. The van der Waals surface area contributed by atoms with E-state index in [9.17, 15) is 9.59 Å². The van der Waals surface area contributed by atoms with Gasteiger partial charge in [-0.3, -0.25) is 9.36 Å². The number of hydrogen-bond donors (Lipinski definition) is 0. The number of carbonyl (C=O) groups is 1. The van der Waals surface area contributed by atoms with Crippen molar-refractivity contribution in [2.75, 3.05) is 20.3 Å². The minimum atomic E-state index is -0.632. The minimum absolute atomic E-state index is 0.182. The fourth-order valence-corrected chi connectivity index (χ4v) is 5.87. The van der Waals surface area contributed by atoms with Crippen molar-refractivity contribution in [3.05, 3.63) is 76.1 Å². The molecule has 11 heteroatoms. The highest BCUT2D eigenvalue weighted by molar-refractivity contribution is 7.10. The van der Waals surface area contributed by atoms with E-state index < -0.39 is 12.0 Å². The lowest BCUT2D eigenvalue weighted by Gasteiger charge is -2.23. The smallest absolute Gasteiger partial charge is 0.338 e. The number of thiazole rings is 1. The van der Waals surface area contributed by atoms with Gasteiger partial charge in [-0.2, -0.15) is 5.26 Å². The highest BCUT2D eigenvalue weighted by Gasteiger charge is 2.33. The number of halogens is 1. The van der Waals surface area contributed by atoms with Crippen molar-refractivity contribution in [1.82, 2.24) is 4.57 Å². The second-order valence-electron chi connectivity index (χ2n) is 7.30. The maximum atomic E-state index is 13.6. The average Bonchev–Trinajstić information content (AvgIpc) is 3.46. The number of rotatable bonds is 7. The summed E-state index contributed by atoms with van der Waals surface area (Å²) in [6.45, 7) is 3.51. The molecule has 1 aliphatic heterocycles. The van der Waals surface area contributed by atoms with E-state index in [4.69, 9.17) is 31.1 Å². The number of fused-ring (bicyclic) bond motifs is 1. The number of ether oxygens (including phenoxy) is 3. The van der Waals surface area contributed by atoms with Gasteiger partial charge in [-0.15, -0.1) is 11.3 Å². The Labute approximate surface area is 213 Å². The van der Waals surface area contributed by atoms with Gasteiger partial charge in [0.2, 0.25) is 0 Å². The fourth-order valence-electron chi connectivity index (χ4n) is 3.73. The van der Waals surface area contributed by atoms with Gasteiger partial charge in [0, 0.05) is 4.88 Å². The van der Waals surface area contributed by atoms with E-state index in [2.05, 4.69) is 4.99 Å². The zero-order valence-corrected chi connectivity index (χ0v) is 21.4. The van der Waals surface area contributed by atoms with Crippen molar-refractivity contribution < 1.29 is 19.0 Å². The normalized spacial score (nSPS) is 15.3. The first-order chi connectivity index (χ1) is 16.9. The SMILES string of the molecule is CCOC(=O)C1=C(C)N=c2s/c(=C\c3cc(Cl)c(OCC#N)c(OC)c3)c(=O)n2[C@@H]1c1cccs1. The van der Waals surface area contributed by atoms with Gasteiger partial charge in [-0.25, -0.2) is 9.79 Å². The van der Waals surface area contributed by atoms with Crippen LogP contribution in [-0.4, -0.2) is 30.9 Å². The molecule has 1 atom stereocenters. The van der Waals surface area contributed by atoms with Crippen LogP contribution in [0, 0.1) is 11.3 Å². The maximum Gasteiger partial charge on any atom is 0.338 e. The van der Waals surface area contributed by atoms with E-state index in [1.807, 2.05) is 23.6 Å². The molecule has 0 unspecified atom stereocenters. The Balaban J connectivity index is 1.88. The highest BCUT2D eigenvalue weighted by Crippen LogP contribution is 2.37. The molecule has 0 spiro atoms. The molecule has 0 bridgehead atoms. The molecule has 35 heavy (non-hydrogen) atoms. The first-order valence-electron chi connectivity index (χ1n) is 10.5.